The molecule has 6 nitrogen and oxygen atoms in total. The lowest BCUT2D eigenvalue weighted by Gasteiger charge is -2.10. The molecule has 1 saturated heterocycles. The van der Waals surface area contributed by atoms with E-state index in [9.17, 15) is 9.59 Å². The van der Waals surface area contributed by atoms with E-state index >= 15 is 0 Å². The fourth-order valence-electron chi connectivity index (χ4n) is 2.34. The maximum Gasteiger partial charge on any atom is 0.344 e. The van der Waals surface area contributed by atoms with Crippen LogP contribution >= 0.6 is 23.4 Å². The van der Waals surface area contributed by atoms with Crippen molar-refractivity contribution in [1.29, 1.82) is 0 Å². The summed E-state index contributed by atoms with van der Waals surface area (Å²) in [5.74, 6) is -0.825. The second kappa shape index (κ2) is 8.50. The maximum absolute atomic E-state index is 12.2. The maximum atomic E-state index is 12.2. The van der Waals surface area contributed by atoms with Gasteiger partial charge in [0.15, 0.2) is 11.3 Å². The molecule has 0 spiro atoms. The summed E-state index contributed by atoms with van der Waals surface area (Å²) in [6.45, 7) is 3.38. The van der Waals surface area contributed by atoms with E-state index in [-0.39, 0.29) is 5.91 Å². The predicted octanol–water partition coefficient (Wildman–Crippen LogP) is 4.39. The third kappa shape index (κ3) is 4.94. The quantitative estimate of drug-likeness (QED) is 0.705. The molecule has 0 aliphatic carbocycles. The fourth-order valence-corrected chi connectivity index (χ4v) is 3.34. The molecule has 8 heteroatoms. The molecule has 28 heavy (non-hydrogen) atoms. The number of carbonyl (C=O) groups excluding carboxylic acids is 1. The van der Waals surface area contributed by atoms with Crippen LogP contribution in [0.5, 0.6) is 5.75 Å². The summed E-state index contributed by atoms with van der Waals surface area (Å²) in [4.78, 5) is 28.0. The SMILES string of the molecule is Cc1ccc(Cl)cc1N=C1NC(=O)/C(=C/c2ccc(O[C@@H](C)C(=O)O)cc2)S1. The first-order valence-corrected chi connectivity index (χ1v) is 9.56. The number of aryl methyl sites for hydroxylation is 1. The molecule has 0 radical (unpaired) electrons. The largest absolute Gasteiger partial charge is 0.479 e. The summed E-state index contributed by atoms with van der Waals surface area (Å²) in [5.41, 5.74) is 2.44. The number of nitrogens with zero attached hydrogens (tertiary/aromatic N) is 1. The number of hydrogen-bond donors (Lipinski definition) is 2. The van der Waals surface area contributed by atoms with Crippen LogP contribution in [-0.2, 0) is 9.59 Å². The van der Waals surface area contributed by atoms with Gasteiger partial charge in [-0.1, -0.05) is 29.8 Å². The number of ether oxygens (including phenoxy) is 1. The van der Waals surface area contributed by atoms with E-state index < -0.39 is 12.1 Å². The van der Waals surface area contributed by atoms with Gasteiger partial charge in [-0.2, -0.15) is 0 Å². The van der Waals surface area contributed by atoms with Gasteiger partial charge in [-0.3, -0.25) is 4.79 Å². The Hall–Kier alpha value is -2.77. The second-order valence-corrected chi connectivity index (χ2v) is 7.55. The van der Waals surface area contributed by atoms with Gasteiger partial charge in [0.1, 0.15) is 5.75 Å². The minimum Gasteiger partial charge on any atom is -0.479 e. The van der Waals surface area contributed by atoms with Gasteiger partial charge in [0.2, 0.25) is 0 Å². The minimum absolute atomic E-state index is 0.233. The number of carboxylic acid groups (broad SMARTS) is 1. The number of amides is 1. The molecular weight excluding hydrogens is 400 g/mol. The normalized spacial score (nSPS) is 17.6. The number of rotatable bonds is 5. The van der Waals surface area contributed by atoms with Crippen molar-refractivity contribution in [2.45, 2.75) is 20.0 Å². The highest BCUT2D eigenvalue weighted by Gasteiger charge is 2.24. The molecule has 1 amide bonds. The zero-order valence-electron chi connectivity index (χ0n) is 15.1. The monoisotopic (exact) mass is 416 g/mol. The van der Waals surface area contributed by atoms with Gasteiger partial charge in [-0.25, -0.2) is 9.79 Å². The molecule has 2 N–H and O–H groups in total. The third-order valence-corrected chi connectivity index (χ3v) is 5.03. The molecule has 1 aliphatic heterocycles. The topological polar surface area (TPSA) is 88.0 Å². The fraction of sp³-hybridized carbons (Fsp3) is 0.150. The van der Waals surface area contributed by atoms with Crippen LogP contribution < -0.4 is 10.1 Å². The molecule has 3 rings (SSSR count). The van der Waals surface area contributed by atoms with Gasteiger partial charge >= 0.3 is 5.97 Å². The third-order valence-electron chi connectivity index (χ3n) is 3.88. The predicted molar refractivity (Wildman–Crippen MR) is 111 cm³/mol. The highest BCUT2D eigenvalue weighted by atomic mass is 35.5. The molecule has 0 bridgehead atoms. The highest BCUT2D eigenvalue weighted by Crippen LogP contribution is 2.30. The lowest BCUT2D eigenvalue weighted by Crippen LogP contribution is -2.22. The van der Waals surface area contributed by atoms with Crippen LogP contribution in [-0.4, -0.2) is 28.3 Å². The molecular formula is C20H17ClN2O4S. The summed E-state index contributed by atoms with van der Waals surface area (Å²) < 4.78 is 5.29. The van der Waals surface area contributed by atoms with Gasteiger partial charge in [-0.15, -0.1) is 0 Å². The van der Waals surface area contributed by atoms with Gasteiger partial charge in [0, 0.05) is 5.02 Å². The van der Waals surface area contributed by atoms with E-state index in [1.165, 1.54) is 18.7 Å². The van der Waals surface area contributed by atoms with Crippen molar-refractivity contribution in [2.24, 2.45) is 4.99 Å². The molecule has 0 saturated carbocycles. The summed E-state index contributed by atoms with van der Waals surface area (Å²) in [6.07, 6.45) is 0.798. The average Bonchev–Trinajstić information content (AvgIpc) is 2.98. The van der Waals surface area contributed by atoms with Crippen LogP contribution in [0.1, 0.15) is 18.1 Å². The Morgan fingerprint density at radius 1 is 1.29 bits per heavy atom. The molecule has 2 aromatic rings. The number of halogens is 1. The lowest BCUT2D eigenvalue weighted by molar-refractivity contribution is -0.144. The van der Waals surface area contributed by atoms with E-state index in [1.807, 2.05) is 13.0 Å². The van der Waals surface area contributed by atoms with Crippen LogP contribution in [0.4, 0.5) is 5.69 Å². The van der Waals surface area contributed by atoms with Crippen molar-refractivity contribution in [3.63, 3.8) is 0 Å². The Labute approximate surface area is 171 Å². The number of nitrogens with one attached hydrogen (secondary N) is 1. The van der Waals surface area contributed by atoms with E-state index in [1.54, 1.807) is 42.5 Å². The Balaban J connectivity index is 1.74. The number of aliphatic carboxylic acids is 1. The molecule has 1 atom stereocenters. The first-order valence-electron chi connectivity index (χ1n) is 8.37. The van der Waals surface area contributed by atoms with Gasteiger partial charge in [0.25, 0.3) is 5.91 Å². The number of carbonyl (C=O) groups is 2. The second-order valence-electron chi connectivity index (χ2n) is 6.08. The molecule has 0 unspecified atom stereocenters. The van der Waals surface area contributed by atoms with Crippen molar-refractivity contribution in [3.8, 4) is 5.75 Å². The Kier molecular flexibility index (Phi) is 6.06. The van der Waals surface area contributed by atoms with E-state index in [4.69, 9.17) is 21.4 Å². The standard InChI is InChI=1S/C20H17ClN2O4S/c1-11-3-6-14(21)10-16(11)22-20-23-18(24)17(28-20)9-13-4-7-15(8-5-13)27-12(2)19(25)26/h3-10,12H,1-2H3,(H,25,26)(H,22,23,24)/b17-9-/t12-/m0/s1. The summed E-state index contributed by atoms with van der Waals surface area (Å²) in [6, 6.07) is 12.2. The number of amidine groups is 1. The molecule has 144 valence electrons. The Morgan fingerprint density at radius 2 is 2.00 bits per heavy atom. The van der Waals surface area contributed by atoms with Crippen LogP contribution in [0, 0.1) is 6.92 Å². The molecule has 1 fully saturated rings. The average molecular weight is 417 g/mol. The minimum atomic E-state index is -1.04. The first kappa shape index (κ1) is 20.0. The van der Waals surface area contributed by atoms with E-state index in [0.717, 1.165) is 11.1 Å². The van der Waals surface area contributed by atoms with E-state index in [2.05, 4.69) is 10.3 Å². The highest BCUT2D eigenvalue weighted by molar-refractivity contribution is 8.18. The zero-order valence-corrected chi connectivity index (χ0v) is 16.7. The lowest BCUT2D eigenvalue weighted by atomic mass is 10.2. The van der Waals surface area contributed by atoms with Crippen molar-refractivity contribution >= 4 is 52.2 Å². The first-order chi connectivity index (χ1) is 13.3. The van der Waals surface area contributed by atoms with Crippen molar-refractivity contribution in [1.82, 2.24) is 5.32 Å². The van der Waals surface area contributed by atoms with Crippen LogP contribution in [0.3, 0.4) is 0 Å². The van der Waals surface area contributed by atoms with Crippen LogP contribution in [0.2, 0.25) is 5.02 Å². The molecule has 1 aliphatic rings. The Morgan fingerprint density at radius 3 is 2.68 bits per heavy atom. The van der Waals surface area contributed by atoms with Crippen LogP contribution in [0.25, 0.3) is 6.08 Å². The van der Waals surface area contributed by atoms with Crippen molar-refractivity contribution in [3.05, 3.63) is 63.5 Å². The molecule has 0 aromatic heterocycles. The Bertz CT molecular complexity index is 986. The summed E-state index contributed by atoms with van der Waals surface area (Å²) in [5, 5.41) is 12.7. The summed E-state index contributed by atoms with van der Waals surface area (Å²) >= 11 is 7.25. The zero-order chi connectivity index (χ0) is 20.3. The van der Waals surface area contributed by atoms with Gasteiger partial charge < -0.3 is 15.2 Å². The smallest absolute Gasteiger partial charge is 0.344 e. The number of carboxylic acids is 1. The number of benzene rings is 2. The number of hydrogen-bond acceptors (Lipinski definition) is 5. The van der Waals surface area contributed by atoms with E-state index in [0.29, 0.717) is 26.5 Å². The number of thioether (sulfide) groups is 1. The molecule has 1 heterocycles. The number of aliphatic imine (C=N–C) groups is 1. The van der Waals surface area contributed by atoms with Crippen LogP contribution in [0.15, 0.2) is 52.4 Å². The van der Waals surface area contributed by atoms with Gasteiger partial charge in [-0.05, 0) is 67.1 Å². The van der Waals surface area contributed by atoms with Gasteiger partial charge in [0.05, 0.1) is 10.6 Å². The molecule has 2 aromatic carbocycles. The van der Waals surface area contributed by atoms with Crippen molar-refractivity contribution < 1.29 is 19.4 Å². The summed E-state index contributed by atoms with van der Waals surface area (Å²) in [7, 11) is 0. The van der Waals surface area contributed by atoms with Crippen molar-refractivity contribution in [2.75, 3.05) is 0 Å².